The van der Waals surface area contributed by atoms with Crippen molar-refractivity contribution in [3.63, 3.8) is 0 Å². The number of hydrogen-bond donors (Lipinski definition) is 2. The van der Waals surface area contributed by atoms with Gasteiger partial charge in [-0.25, -0.2) is 8.78 Å². The van der Waals surface area contributed by atoms with Gasteiger partial charge in [0.05, 0.1) is 6.04 Å². The number of halogens is 3. The smallest absolute Gasteiger partial charge is 0.128 e. The first-order valence-corrected chi connectivity index (χ1v) is 6.14. The summed E-state index contributed by atoms with van der Waals surface area (Å²) in [6, 6.07) is 10.2. The zero-order valence-corrected chi connectivity index (χ0v) is 10.8. The fourth-order valence-corrected chi connectivity index (χ4v) is 2.08. The van der Waals surface area contributed by atoms with Gasteiger partial charge < -0.3 is 0 Å². The molecule has 2 aromatic carbocycles. The summed E-state index contributed by atoms with van der Waals surface area (Å²) >= 11 is 5.69. The van der Waals surface area contributed by atoms with Crippen molar-refractivity contribution < 1.29 is 8.78 Å². The number of benzene rings is 2. The molecule has 100 valence electrons. The highest BCUT2D eigenvalue weighted by molar-refractivity contribution is 6.30. The molecule has 0 radical (unpaired) electrons. The second kappa shape index (κ2) is 6.10. The minimum Gasteiger partial charge on any atom is -0.271 e. The van der Waals surface area contributed by atoms with E-state index in [1.807, 2.05) is 0 Å². The Hall–Kier alpha value is -1.49. The minimum absolute atomic E-state index is 0.237. The van der Waals surface area contributed by atoms with E-state index in [-0.39, 0.29) is 12.2 Å². The number of hydrogen-bond acceptors (Lipinski definition) is 2. The highest BCUT2D eigenvalue weighted by Gasteiger charge is 2.16. The molecule has 1 atom stereocenters. The normalized spacial score (nSPS) is 12.4. The summed E-state index contributed by atoms with van der Waals surface area (Å²) in [7, 11) is 0. The Morgan fingerprint density at radius 1 is 1.11 bits per heavy atom. The molecule has 0 heterocycles. The fourth-order valence-electron chi connectivity index (χ4n) is 1.92. The average Bonchev–Trinajstić information content (AvgIpc) is 2.39. The van der Waals surface area contributed by atoms with E-state index in [2.05, 4.69) is 5.43 Å². The van der Waals surface area contributed by atoms with Crippen LogP contribution in [0, 0.1) is 11.6 Å². The first-order chi connectivity index (χ1) is 9.11. The molecular weight excluding hydrogens is 270 g/mol. The molecule has 0 saturated carbocycles. The van der Waals surface area contributed by atoms with Crippen molar-refractivity contribution in [3.8, 4) is 0 Å². The molecule has 2 aromatic rings. The van der Waals surface area contributed by atoms with E-state index in [1.54, 1.807) is 30.3 Å². The van der Waals surface area contributed by atoms with Crippen LogP contribution in [0.25, 0.3) is 0 Å². The van der Waals surface area contributed by atoms with Crippen LogP contribution in [0.15, 0.2) is 42.5 Å². The average molecular weight is 283 g/mol. The summed E-state index contributed by atoms with van der Waals surface area (Å²) in [4.78, 5) is 0. The molecule has 19 heavy (non-hydrogen) atoms. The van der Waals surface area contributed by atoms with Gasteiger partial charge >= 0.3 is 0 Å². The van der Waals surface area contributed by atoms with Crippen molar-refractivity contribution in [1.29, 1.82) is 0 Å². The van der Waals surface area contributed by atoms with E-state index in [4.69, 9.17) is 17.4 Å². The number of nitrogens with two attached hydrogens (primary N) is 1. The Bertz CT molecular complexity index is 575. The summed E-state index contributed by atoms with van der Waals surface area (Å²) in [5.74, 6) is 4.63. The Morgan fingerprint density at radius 3 is 2.47 bits per heavy atom. The lowest BCUT2D eigenvalue weighted by Gasteiger charge is -2.17. The summed E-state index contributed by atoms with van der Waals surface area (Å²) in [6.07, 6.45) is 0.237. The van der Waals surface area contributed by atoms with Gasteiger partial charge in [-0.05, 0) is 30.2 Å². The molecule has 0 fully saturated rings. The van der Waals surface area contributed by atoms with Gasteiger partial charge in [0.2, 0.25) is 0 Å². The van der Waals surface area contributed by atoms with Crippen LogP contribution in [0.5, 0.6) is 0 Å². The van der Waals surface area contributed by atoms with Gasteiger partial charge in [-0.1, -0.05) is 35.9 Å². The van der Waals surface area contributed by atoms with Gasteiger partial charge in [-0.15, -0.1) is 0 Å². The molecule has 0 aliphatic carbocycles. The molecule has 0 saturated heterocycles. The summed E-state index contributed by atoms with van der Waals surface area (Å²) in [5, 5.41) is 0.324. The Kier molecular flexibility index (Phi) is 4.47. The van der Waals surface area contributed by atoms with Gasteiger partial charge in [-0.2, -0.15) is 0 Å². The van der Waals surface area contributed by atoms with Crippen LogP contribution in [-0.4, -0.2) is 0 Å². The molecule has 3 N–H and O–H groups in total. The van der Waals surface area contributed by atoms with E-state index in [9.17, 15) is 8.78 Å². The van der Waals surface area contributed by atoms with Crippen LogP contribution in [0.4, 0.5) is 8.78 Å². The zero-order valence-electron chi connectivity index (χ0n) is 10.0. The lowest BCUT2D eigenvalue weighted by molar-refractivity contribution is 0.499. The summed E-state index contributed by atoms with van der Waals surface area (Å²) in [6.45, 7) is 0. The second-order valence-corrected chi connectivity index (χ2v) is 4.62. The van der Waals surface area contributed by atoms with Crippen molar-refractivity contribution in [3.05, 3.63) is 70.2 Å². The van der Waals surface area contributed by atoms with E-state index in [1.165, 1.54) is 12.1 Å². The molecule has 2 nitrogen and oxygen atoms in total. The molecule has 0 aliphatic rings. The van der Waals surface area contributed by atoms with Crippen LogP contribution in [0.1, 0.15) is 17.2 Å². The van der Waals surface area contributed by atoms with Crippen molar-refractivity contribution in [2.45, 2.75) is 12.5 Å². The SMILES string of the molecule is NNC(Cc1ccc(Cl)cc1F)c1ccccc1F. The van der Waals surface area contributed by atoms with E-state index in [0.717, 1.165) is 0 Å². The van der Waals surface area contributed by atoms with Gasteiger partial charge in [-0.3, -0.25) is 11.3 Å². The molecule has 0 spiro atoms. The first-order valence-electron chi connectivity index (χ1n) is 5.76. The maximum Gasteiger partial charge on any atom is 0.128 e. The third kappa shape index (κ3) is 3.29. The van der Waals surface area contributed by atoms with Crippen LogP contribution in [0.3, 0.4) is 0 Å². The van der Waals surface area contributed by atoms with E-state index in [0.29, 0.717) is 16.1 Å². The highest BCUT2D eigenvalue weighted by atomic mass is 35.5. The lowest BCUT2D eigenvalue weighted by atomic mass is 9.98. The Labute approximate surface area is 115 Å². The molecule has 5 heteroatoms. The Morgan fingerprint density at radius 2 is 1.84 bits per heavy atom. The van der Waals surface area contributed by atoms with Crippen LogP contribution < -0.4 is 11.3 Å². The first kappa shape index (κ1) is 13.9. The van der Waals surface area contributed by atoms with Crippen molar-refractivity contribution in [2.75, 3.05) is 0 Å². The van der Waals surface area contributed by atoms with Gasteiger partial charge in [0.1, 0.15) is 11.6 Å². The largest absolute Gasteiger partial charge is 0.271 e. The predicted molar refractivity (Wildman–Crippen MR) is 71.6 cm³/mol. The van der Waals surface area contributed by atoms with E-state index >= 15 is 0 Å². The molecule has 0 aromatic heterocycles. The molecular formula is C14H13ClF2N2. The molecule has 0 aliphatic heterocycles. The number of nitrogens with one attached hydrogen (secondary N) is 1. The third-order valence-corrected chi connectivity index (χ3v) is 3.16. The fraction of sp³-hybridized carbons (Fsp3) is 0.143. The molecule has 0 amide bonds. The topological polar surface area (TPSA) is 38.0 Å². The van der Waals surface area contributed by atoms with Crippen molar-refractivity contribution in [1.82, 2.24) is 5.43 Å². The van der Waals surface area contributed by atoms with Gasteiger partial charge in [0.15, 0.2) is 0 Å². The minimum atomic E-state index is -0.503. The number of hydrazine groups is 1. The maximum atomic E-state index is 13.7. The monoisotopic (exact) mass is 282 g/mol. The molecule has 0 bridgehead atoms. The Balaban J connectivity index is 2.27. The zero-order chi connectivity index (χ0) is 13.8. The van der Waals surface area contributed by atoms with Crippen molar-refractivity contribution in [2.24, 2.45) is 5.84 Å². The quantitative estimate of drug-likeness (QED) is 0.666. The predicted octanol–water partition coefficient (Wildman–Crippen LogP) is 3.37. The third-order valence-electron chi connectivity index (χ3n) is 2.92. The lowest BCUT2D eigenvalue weighted by Crippen LogP contribution is -2.30. The molecule has 2 rings (SSSR count). The standard InChI is InChI=1S/C14H13ClF2N2/c15-10-6-5-9(13(17)8-10)7-14(19-18)11-3-1-2-4-12(11)16/h1-6,8,14,19H,7,18H2. The van der Waals surface area contributed by atoms with Crippen LogP contribution in [-0.2, 0) is 6.42 Å². The number of rotatable bonds is 4. The second-order valence-electron chi connectivity index (χ2n) is 4.18. The van der Waals surface area contributed by atoms with Crippen LogP contribution >= 0.6 is 11.6 Å². The maximum absolute atomic E-state index is 13.7. The van der Waals surface area contributed by atoms with Crippen molar-refractivity contribution >= 4 is 11.6 Å². The summed E-state index contributed by atoms with van der Waals surface area (Å²) < 4.78 is 27.4. The summed E-state index contributed by atoms with van der Waals surface area (Å²) in [5.41, 5.74) is 3.34. The van der Waals surface area contributed by atoms with Crippen LogP contribution in [0.2, 0.25) is 5.02 Å². The highest BCUT2D eigenvalue weighted by Crippen LogP contribution is 2.23. The molecule has 1 unspecified atom stereocenters. The van der Waals surface area contributed by atoms with Gasteiger partial charge in [0, 0.05) is 10.6 Å². The van der Waals surface area contributed by atoms with Gasteiger partial charge in [0.25, 0.3) is 0 Å². The van der Waals surface area contributed by atoms with E-state index < -0.39 is 11.9 Å².